The number of carbonyl (C=O) groups excluding carboxylic acids is 3. The summed E-state index contributed by atoms with van der Waals surface area (Å²) in [6, 6.07) is 22.6. The number of halogens is 1. The standard InChI is InChI=1S/C27H20BrNO4/c1-2-33-26(32)15-11-13-16(14-12-15)29-24(30)22-21-17-7-3-5-9-19(17)27(28,23(22)25(29)31)20-10-6-4-8-18(20)21/h3-14,21-23H,2H2,1H3. The molecular weight excluding hydrogens is 482 g/mol. The summed E-state index contributed by atoms with van der Waals surface area (Å²) < 4.78 is 4.27. The first-order valence-electron chi connectivity index (χ1n) is 11.0. The lowest BCUT2D eigenvalue weighted by molar-refractivity contribution is -0.122. The van der Waals surface area contributed by atoms with Gasteiger partial charge in [0, 0.05) is 5.92 Å². The second-order valence-electron chi connectivity index (χ2n) is 8.65. The Morgan fingerprint density at radius 2 is 1.48 bits per heavy atom. The predicted molar refractivity (Wildman–Crippen MR) is 126 cm³/mol. The zero-order chi connectivity index (χ0) is 22.9. The third kappa shape index (κ3) is 2.55. The molecule has 164 valence electrons. The van der Waals surface area contributed by atoms with E-state index in [0.29, 0.717) is 11.3 Å². The molecule has 1 saturated heterocycles. The summed E-state index contributed by atoms with van der Waals surface area (Å²) in [6.45, 7) is 2.03. The maximum absolute atomic E-state index is 13.9. The fraction of sp³-hybridized carbons (Fsp3) is 0.222. The van der Waals surface area contributed by atoms with E-state index in [1.165, 1.54) is 4.90 Å². The molecule has 0 N–H and O–H groups in total. The summed E-state index contributed by atoms with van der Waals surface area (Å²) in [5, 5.41) is 0. The largest absolute Gasteiger partial charge is 0.462 e. The number of ether oxygens (including phenoxy) is 1. The van der Waals surface area contributed by atoms with Gasteiger partial charge in [-0.15, -0.1) is 0 Å². The molecule has 5 nitrogen and oxygen atoms in total. The number of hydrogen-bond acceptors (Lipinski definition) is 4. The fourth-order valence-electron chi connectivity index (χ4n) is 5.89. The fourth-order valence-corrected chi connectivity index (χ4v) is 7.10. The molecule has 1 heterocycles. The molecule has 2 atom stereocenters. The highest BCUT2D eigenvalue weighted by Crippen LogP contribution is 2.66. The third-order valence-corrected chi connectivity index (χ3v) is 8.50. The minimum absolute atomic E-state index is 0.179. The van der Waals surface area contributed by atoms with Crippen LogP contribution in [-0.4, -0.2) is 24.4 Å². The van der Waals surface area contributed by atoms with Gasteiger partial charge in [-0.1, -0.05) is 64.5 Å². The number of rotatable bonds is 3. The second-order valence-corrected chi connectivity index (χ2v) is 9.90. The van der Waals surface area contributed by atoms with Gasteiger partial charge in [-0.25, -0.2) is 9.69 Å². The summed E-state index contributed by atoms with van der Waals surface area (Å²) in [5.41, 5.74) is 5.14. The minimum Gasteiger partial charge on any atom is -0.462 e. The second kappa shape index (κ2) is 7.12. The highest BCUT2D eigenvalue weighted by molar-refractivity contribution is 9.09. The van der Waals surface area contributed by atoms with Gasteiger partial charge in [-0.2, -0.15) is 0 Å². The maximum atomic E-state index is 13.9. The van der Waals surface area contributed by atoms with Gasteiger partial charge in [-0.3, -0.25) is 9.59 Å². The third-order valence-electron chi connectivity index (χ3n) is 7.15. The molecule has 3 aliphatic carbocycles. The molecule has 0 spiro atoms. The Balaban J connectivity index is 1.48. The van der Waals surface area contributed by atoms with E-state index < -0.39 is 22.1 Å². The lowest BCUT2D eigenvalue weighted by Crippen LogP contribution is -2.50. The molecular formula is C27H20BrNO4. The first-order valence-corrected chi connectivity index (χ1v) is 11.8. The molecule has 2 amide bonds. The molecule has 1 fully saturated rings. The number of carbonyl (C=O) groups is 3. The molecule has 0 aromatic heterocycles. The van der Waals surface area contributed by atoms with Crippen molar-refractivity contribution in [3.63, 3.8) is 0 Å². The van der Waals surface area contributed by atoms with Crippen LogP contribution in [0.15, 0.2) is 72.8 Å². The Labute approximate surface area is 199 Å². The Hall–Kier alpha value is -3.25. The number of esters is 1. The molecule has 3 aromatic carbocycles. The van der Waals surface area contributed by atoms with Crippen LogP contribution in [0.1, 0.15) is 45.5 Å². The number of imide groups is 1. The Morgan fingerprint density at radius 1 is 0.909 bits per heavy atom. The summed E-state index contributed by atoms with van der Waals surface area (Å²) in [6.07, 6.45) is 0. The zero-order valence-corrected chi connectivity index (χ0v) is 19.4. The highest BCUT2D eigenvalue weighted by atomic mass is 79.9. The van der Waals surface area contributed by atoms with Gasteiger partial charge in [0.1, 0.15) is 0 Å². The van der Waals surface area contributed by atoms with Gasteiger partial charge < -0.3 is 4.74 Å². The van der Waals surface area contributed by atoms with E-state index in [-0.39, 0.29) is 24.3 Å². The van der Waals surface area contributed by atoms with E-state index in [1.54, 1.807) is 31.2 Å². The lowest BCUT2D eigenvalue weighted by Gasteiger charge is -2.51. The normalized spacial score (nSPS) is 26.6. The van der Waals surface area contributed by atoms with Gasteiger partial charge in [0.25, 0.3) is 0 Å². The molecule has 4 aliphatic rings. The number of benzene rings is 3. The van der Waals surface area contributed by atoms with Crippen molar-refractivity contribution in [2.45, 2.75) is 17.2 Å². The first-order chi connectivity index (χ1) is 16.0. The number of anilines is 1. The molecule has 7 rings (SSSR count). The predicted octanol–water partition coefficient (Wildman–Crippen LogP) is 4.77. The number of amides is 2. The van der Waals surface area contributed by atoms with Crippen molar-refractivity contribution in [2.75, 3.05) is 11.5 Å². The topological polar surface area (TPSA) is 63.7 Å². The van der Waals surface area contributed by atoms with Crippen molar-refractivity contribution in [2.24, 2.45) is 11.8 Å². The van der Waals surface area contributed by atoms with Crippen molar-refractivity contribution >= 4 is 39.4 Å². The molecule has 3 aromatic rings. The number of hydrogen-bond donors (Lipinski definition) is 0. The maximum Gasteiger partial charge on any atom is 0.338 e. The Morgan fingerprint density at radius 3 is 2.06 bits per heavy atom. The van der Waals surface area contributed by atoms with Crippen LogP contribution in [0.4, 0.5) is 5.69 Å². The molecule has 6 heteroatoms. The summed E-state index contributed by atoms with van der Waals surface area (Å²) in [5.74, 6) is -2.08. The van der Waals surface area contributed by atoms with Crippen LogP contribution in [0.25, 0.3) is 0 Å². The van der Waals surface area contributed by atoms with Crippen LogP contribution in [0.5, 0.6) is 0 Å². The molecule has 0 saturated carbocycles. The van der Waals surface area contributed by atoms with Crippen LogP contribution >= 0.6 is 15.9 Å². The summed E-state index contributed by atoms with van der Waals surface area (Å²) in [7, 11) is 0. The van der Waals surface area contributed by atoms with Crippen molar-refractivity contribution in [3.05, 3.63) is 101 Å². The number of nitrogens with zero attached hydrogens (tertiary/aromatic N) is 1. The van der Waals surface area contributed by atoms with Gasteiger partial charge >= 0.3 is 5.97 Å². The lowest BCUT2D eigenvalue weighted by atomic mass is 9.55. The monoisotopic (exact) mass is 501 g/mol. The van der Waals surface area contributed by atoms with Gasteiger partial charge in [0.15, 0.2) is 0 Å². The molecule has 0 radical (unpaired) electrons. The molecule has 33 heavy (non-hydrogen) atoms. The number of alkyl halides is 1. The smallest absolute Gasteiger partial charge is 0.338 e. The van der Waals surface area contributed by atoms with Gasteiger partial charge in [-0.05, 0) is 53.4 Å². The van der Waals surface area contributed by atoms with Crippen LogP contribution in [0, 0.1) is 11.8 Å². The van der Waals surface area contributed by atoms with Crippen LogP contribution in [0.3, 0.4) is 0 Å². The Bertz CT molecular complexity index is 1280. The SMILES string of the molecule is CCOC(=O)c1ccc(N2C(=O)C3C4c5ccccc5C(Br)(c5ccccc54)C3C2=O)cc1. The quantitative estimate of drug-likeness (QED) is 0.294. The van der Waals surface area contributed by atoms with Crippen LogP contribution in [-0.2, 0) is 18.7 Å². The van der Waals surface area contributed by atoms with E-state index in [2.05, 4.69) is 40.2 Å². The van der Waals surface area contributed by atoms with E-state index in [9.17, 15) is 14.4 Å². The van der Waals surface area contributed by atoms with Crippen molar-refractivity contribution in [1.29, 1.82) is 0 Å². The van der Waals surface area contributed by atoms with E-state index >= 15 is 0 Å². The zero-order valence-electron chi connectivity index (χ0n) is 17.8. The van der Waals surface area contributed by atoms with Gasteiger partial charge in [0.05, 0.1) is 34.0 Å². The van der Waals surface area contributed by atoms with Crippen LogP contribution in [0.2, 0.25) is 0 Å². The summed E-state index contributed by atoms with van der Waals surface area (Å²) in [4.78, 5) is 41.0. The molecule has 1 aliphatic heterocycles. The van der Waals surface area contributed by atoms with E-state index in [0.717, 1.165) is 22.3 Å². The van der Waals surface area contributed by atoms with Crippen molar-refractivity contribution < 1.29 is 19.1 Å². The molecule has 2 unspecified atom stereocenters. The van der Waals surface area contributed by atoms with Crippen molar-refractivity contribution in [3.8, 4) is 0 Å². The van der Waals surface area contributed by atoms with E-state index in [4.69, 9.17) is 4.74 Å². The minimum atomic E-state index is -0.772. The highest BCUT2D eigenvalue weighted by Gasteiger charge is 2.67. The van der Waals surface area contributed by atoms with Crippen LogP contribution < -0.4 is 4.90 Å². The molecule has 2 bridgehead atoms. The van der Waals surface area contributed by atoms with Gasteiger partial charge in [0.2, 0.25) is 11.8 Å². The summed E-state index contributed by atoms with van der Waals surface area (Å²) >= 11 is 3.99. The van der Waals surface area contributed by atoms with E-state index in [1.807, 2.05) is 24.3 Å². The Kier molecular flexibility index (Phi) is 4.40. The van der Waals surface area contributed by atoms with Crippen molar-refractivity contribution in [1.82, 2.24) is 0 Å². The average Bonchev–Trinajstić information content (AvgIpc) is 3.11. The average molecular weight is 502 g/mol. The first kappa shape index (κ1) is 20.4.